The Bertz CT molecular complexity index is 483. The van der Waals surface area contributed by atoms with E-state index in [1.54, 1.807) is 7.05 Å². The van der Waals surface area contributed by atoms with E-state index in [1.807, 2.05) is 0 Å². The number of amides is 2. The van der Waals surface area contributed by atoms with Gasteiger partial charge in [-0.3, -0.25) is 9.59 Å². The van der Waals surface area contributed by atoms with Crippen LogP contribution in [-0.4, -0.2) is 36.9 Å². The van der Waals surface area contributed by atoms with Crippen molar-refractivity contribution in [2.24, 2.45) is 5.92 Å². The second-order valence-corrected chi connectivity index (χ2v) is 5.30. The van der Waals surface area contributed by atoms with Crippen LogP contribution in [0.3, 0.4) is 0 Å². The summed E-state index contributed by atoms with van der Waals surface area (Å²) in [6.45, 7) is 0.808. The number of nitrogen functional groups attached to an aromatic ring is 1. The van der Waals surface area contributed by atoms with Crippen LogP contribution < -0.4 is 21.7 Å². The van der Waals surface area contributed by atoms with E-state index in [2.05, 4.69) is 20.9 Å². The summed E-state index contributed by atoms with van der Waals surface area (Å²) in [6, 6.07) is 0. The Morgan fingerprint density at radius 3 is 2.63 bits per heavy atom. The first-order valence-electron chi connectivity index (χ1n) is 6.11. The third-order valence-electron chi connectivity index (χ3n) is 2.73. The van der Waals surface area contributed by atoms with Gasteiger partial charge in [0.05, 0.1) is 0 Å². The number of hydrogen-bond acceptors (Lipinski definition) is 6. The van der Waals surface area contributed by atoms with Crippen LogP contribution in [0.4, 0.5) is 10.9 Å². The third kappa shape index (κ3) is 3.57. The van der Waals surface area contributed by atoms with Gasteiger partial charge < -0.3 is 21.7 Å². The number of nitrogens with one attached hydrogen (secondary N) is 3. The largest absolute Gasteiger partial charge is 0.382 e. The smallest absolute Gasteiger partial charge is 0.265 e. The first-order valence-corrected chi connectivity index (χ1v) is 6.93. The van der Waals surface area contributed by atoms with E-state index in [1.165, 1.54) is 11.3 Å². The third-order valence-corrected chi connectivity index (χ3v) is 3.82. The molecule has 0 saturated heterocycles. The molecule has 0 aromatic carbocycles. The highest BCUT2D eigenvalue weighted by atomic mass is 32.1. The van der Waals surface area contributed by atoms with Crippen molar-refractivity contribution in [2.45, 2.75) is 12.8 Å². The average molecular weight is 283 g/mol. The van der Waals surface area contributed by atoms with E-state index in [4.69, 9.17) is 5.73 Å². The second kappa shape index (κ2) is 5.87. The zero-order chi connectivity index (χ0) is 13.8. The van der Waals surface area contributed by atoms with Crippen LogP contribution in [0.1, 0.15) is 22.5 Å². The van der Waals surface area contributed by atoms with Gasteiger partial charge in [-0.15, -0.1) is 0 Å². The molecule has 0 aliphatic heterocycles. The lowest BCUT2D eigenvalue weighted by Gasteiger charge is -2.05. The van der Waals surface area contributed by atoms with Crippen LogP contribution in [0.2, 0.25) is 0 Å². The van der Waals surface area contributed by atoms with Crippen molar-refractivity contribution >= 4 is 34.1 Å². The van der Waals surface area contributed by atoms with Crippen molar-refractivity contribution in [3.8, 4) is 0 Å². The number of nitrogens with two attached hydrogens (primary N) is 1. The van der Waals surface area contributed by atoms with Gasteiger partial charge in [0, 0.05) is 26.1 Å². The number of aromatic nitrogens is 1. The zero-order valence-corrected chi connectivity index (χ0v) is 11.5. The molecular weight excluding hydrogens is 266 g/mol. The van der Waals surface area contributed by atoms with Gasteiger partial charge >= 0.3 is 0 Å². The molecule has 104 valence electrons. The van der Waals surface area contributed by atoms with E-state index in [0.717, 1.165) is 12.8 Å². The Balaban J connectivity index is 1.74. The normalized spacial score (nSPS) is 13.9. The molecule has 0 bridgehead atoms. The fourth-order valence-electron chi connectivity index (χ4n) is 1.53. The summed E-state index contributed by atoms with van der Waals surface area (Å²) in [4.78, 5) is 27.6. The summed E-state index contributed by atoms with van der Waals surface area (Å²) >= 11 is 1.20. The number of thiazole rings is 1. The van der Waals surface area contributed by atoms with Crippen molar-refractivity contribution < 1.29 is 9.59 Å². The second-order valence-electron chi connectivity index (χ2n) is 4.30. The molecule has 5 N–H and O–H groups in total. The van der Waals surface area contributed by atoms with Crippen LogP contribution in [0.25, 0.3) is 0 Å². The lowest BCUT2D eigenvalue weighted by Crippen LogP contribution is -2.35. The molecule has 1 aliphatic rings. The molecule has 1 fully saturated rings. The van der Waals surface area contributed by atoms with E-state index in [-0.39, 0.29) is 23.6 Å². The van der Waals surface area contributed by atoms with Gasteiger partial charge in [0.1, 0.15) is 10.7 Å². The Labute approximate surface area is 115 Å². The molecule has 2 rings (SSSR count). The summed E-state index contributed by atoms with van der Waals surface area (Å²) < 4.78 is 0. The highest BCUT2D eigenvalue weighted by Crippen LogP contribution is 2.28. The van der Waals surface area contributed by atoms with Crippen LogP contribution >= 0.6 is 11.3 Å². The molecule has 7 nitrogen and oxygen atoms in total. The van der Waals surface area contributed by atoms with Crippen LogP contribution in [0, 0.1) is 5.92 Å². The minimum atomic E-state index is -0.267. The van der Waals surface area contributed by atoms with Crippen LogP contribution in [0.5, 0.6) is 0 Å². The first kappa shape index (κ1) is 13.6. The molecule has 0 spiro atoms. The van der Waals surface area contributed by atoms with E-state index < -0.39 is 0 Å². The van der Waals surface area contributed by atoms with Crippen LogP contribution in [-0.2, 0) is 4.79 Å². The number of carbonyl (C=O) groups excluding carboxylic acids is 2. The van der Waals surface area contributed by atoms with Gasteiger partial charge in [0.2, 0.25) is 5.91 Å². The molecule has 1 aromatic heterocycles. The molecule has 1 saturated carbocycles. The Hall–Kier alpha value is -1.83. The summed E-state index contributed by atoms with van der Waals surface area (Å²) in [6.07, 6.45) is 1.95. The maximum atomic E-state index is 11.8. The van der Waals surface area contributed by atoms with Crippen molar-refractivity contribution in [1.82, 2.24) is 15.6 Å². The fourth-order valence-corrected chi connectivity index (χ4v) is 2.29. The number of rotatable bonds is 6. The zero-order valence-electron chi connectivity index (χ0n) is 10.7. The van der Waals surface area contributed by atoms with Gasteiger partial charge in [-0.2, -0.15) is 0 Å². The molecule has 0 atom stereocenters. The monoisotopic (exact) mass is 283 g/mol. The van der Waals surface area contributed by atoms with E-state index >= 15 is 0 Å². The highest BCUT2D eigenvalue weighted by Gasteiger charge is 2.29. The number of carbonyl (C=O) groups is 2. The number of nitrogens with zero attached hydrogens (tertiary/aromatic N) is 1. The molecule has 0 unspecified atom stereocenters. The Kier molecular flexibility index (Phi) is 4.20. The molecule has 2 amide bonds. The Morgan fingerprint density at radius 1 is 1.37 bits per heavy atom. The summed E-state index contributed by atoms with van der Waals surface area (Å²) in [7, 11) is 1.72. The lowest BCUT2D eigenvalue weighted by molar-refractivity contribution is -0.122. The quantitative estimate of drug-likeness (QED) is 0.550. The standard InChI is InChI=1S/C11H17N5O2S/c1-13-11-16-8(12)7(19-11)10(18)15-5-4-14-9(17)6-2-3-6/h6H,2-5,12H2,1H3,(H,13,16)(H,14,17)(H,15,18). The molecular formula is C11H17N5O2S. The van der Waals surface area contributed by atoms with Crippen molar-refractivity contribution in [1.29, 1.82) is 0 Å². The molecule has 0 radical (unpaired) electrons. The lowest BCUT2D eigenvalue weighted by atomic mass is 10.4. The van der Waals surface area contributed by atoms with Gasteiger partial charge in [-0.05, 0) is 12.8 Å². The predicted molar refractivity (Wildman–Crippen MR) is 74.1 cm³/mol. The maximum absolute atomic E-state index is 11.8. The minimum absolute atomic E-state index is 0.0732. The number of hydrogen-bond donors (Lipinski definition) is 4. The molecule has 1 heterocycles. The maximum Gasteiger partial charge on any atom is 0.265 e. The fraction of sp³-hybridized carbons (Fsp3) is 0.545. The van der Waals surface area contributed by atoms with E-state index in [9.17, 15) is 9.59 Å². The SMILES string of the molecule is CNc1nc(N)c(C(=O)NCCNC(=O)C2CC2)s1. The van der Waals surface area contributed by atoms with Gasteiger partial charge in [0.15, 0.2) is 5.13 Å². The predicted octanol–water partition coefficient (Wildman–Crippen LogP) is 0.0230. The van der Waals surface area contributed by atoms with Crippen molar-refractivity contribution in [2.75, 3.05) is 31.2 Å². The Morgan fingerprint density at radius 2 is 2.05 bits per heavy atom. The molecule has 8 heteroatoms. The summed E-state index contributed by atoms with van der Waals surface area (Å²) in [5.41, 5.74) is 5.65. The average Bonchev–Trinajstić information content (AvgIpc) is 3.17. The molecule has 1 aliphatic carbocycles. The minimum Gasteiger partial charge on any atom is -0.382 e. The van der Waals surface area contributed by atoms with Crippen molar-refractivity contribution in [3.63, 3.8) is 0 Å². The van der Waals surface area contributed by atoms with Gasteiger partial charge in [-0.25, -0.2) is 4.98 Å². The topological polar surface area (TPSA) is 109 Å². The van der Waals surface area contributed by atoms with Gasteiger partial charge in [-0.1, -0.05) is 11.3 Å². The van der Waals surface area contributed by atoms with Crippen LogP contribution in [0.15, 0.2) is 0 Å². The summed E-state index contributed by atoms with van der Waals surface area (Å²) in [5, 5.41) is 8.91. The first-order chi connectivity index (χ1) is 9.11. The van der Waals surface area contributed by atoms with E-state index in [0.29, 0.717) is 23.1 Å². The van der Waals surface area contributed by atoms with Gasteiger partial charge in [0.25, 0.3) is 5.91 Å². The summed E-state index contributed by atoms with van der Waals surface area (Å²) in [5.74, 6) is 0.209. The van der Waals surface area contributed by atoms with Crippen molar-refractivity contribution in [3.05, 3.63) is 4.88 Å². The highest BCUT2D eigenvalue weighted by molar-refractivity contribution is 7.18. The molecule has 1 aromatic rings. The number of anilines is 2. The molecule has 19 heavy (non-hydrogen) atoms.